The molecule has 1 spiro atoms. The number of methoxy groups -OCH3 is 1. The van der Waals surface area contributed by atoms with Crippen LogP contribution in [0.4, 0.5) is 0 Å². The van der Waals surface area contributed by atoms with Crippen LogP contribution in [0.3, 0.4) is 0 Å². The number of nitrogens with one attached hydrogen (secondary N) is 1. The summed E-state index contributed by atoms with van der Waals surface area (Å²) in [5.74, 6) is 2.44. The highest BCUT2D eigenvalue weighted by molar-refractivity contribution is 7.99. The fourth-order valence-electron chi connectivity index (χ4n) is 2.58. The fraction of sp³-hybridized carbons (Fsp3) is 0.900. The van der Waals surface area contributed by atoms with Crippen LogP contribution < -0.4 is 5.32 Å². The molecule has 2 saturated heterocycles. The summed E-state index contributed by atoms with van der Waals surface area (Å²) in [5, 5.41) is 3.34. The van der Waals surface area contributed by atoms with Gasteiger partial charge < -0.3 is 10.1 Å². The molecule has 14 heavy (non-hydrogen) atoms. The molecule has 2 aliphatic rings. The smallest absolute Gasteiger partial charge is 0.310 e. The van der Waals surface area contributed by atoms with E-state index < -0.39 is 0 Å². The third-order valence-corrected chi connectivity index (χ3v) is 4.52. The zero-order chi connectivity index (χ0) is 10.0. The van der Waals surface area contributed by atoms with Crippen molar-refractivity contribution in [2.45, 2.75) is 12.8 Å². The van der Waals surface area contributed by atoms with Crippen LogP contribution in [0.2, 0.25) is 0 Å². The summed E-state index contributed by atoms with van der Waals surface area (Å²) in [6.45, 7) is 1.80. The Labute approximate surface area is 89.0 Å². The lowest BCUT2D eigenvalue weighted by molar-refractivity contribution is -0.148. The maximum Gasteiger partial charge on any atom is 0.310 e. The van der Waals surface area contributed by atoms with E-state index in [-0.39, 0.29) is 17.3 Å². The first-order chi connectivity index (χ1) is 6.78. The normalized spacial score (nSPS) is 30.5. The molecule has 0 bridgehead atoms. The SMILES string of the molecule is COC(=O)C1CNCC12CCSCC2. The summed E-state index contributed by atoms with van der Waals surface area (Å²) in [7, 11) is 1.49. The first-order valence-electron chi connectivity index (χ1n) is 5.15. The second-order valence-electron chi connectivity index (χ2n) is 4.18. The molecule has 0 radical (unpaired) electrons. The van der Waals surface area contributed by atoms with Gasteiger partial charge in [0.1, 0.15) is 0 Å². The van der Waals surface area contributed by atoms with E-state index in [0.29, 0.717) is 0 Å². The van der Waals surface area contributed by atoms with Crippen molar-refractivity contribution in [1.82, 2.24) is 5.32 Å². The van der Waals surface area contributed by atoms with E-state index in [1.165, 1.54) is 18.6 Å². The molecule has 2 heterocycles. The van der Waals surface area contributed by atoms with Gasteiger partial charge in [0, 0.05) is 13.1 Å². The topological polar surface area (TPSA) is 38.3 Å². The summed E-state index contributed by atoms with van der Waals surface area (Å²) in [4.78, 5) is 11.6. The number of carbonyl (C=O) groups excluding carboxylic acids is 1. The molecule has 0 saturated carbocycles. The molecule has 2 fully saturated rings. The Morgan fingerprint density at radius 2 is 2.21 bits per heavy atom. The maximum absolute atomic E-state index is 11.6. The van der Waals surface area contributed by atoms with Gasteiger partial charge in [0.25, 0.3) is 0 Å². The molecule has 2 rings (SSSR count). The number of hydrogen-bond acceptors (Lipinski definition) is 4. The van der Waals surface area contributed by atoms with E-state index >= 15 is 0 Å². The van der Waals surface area contributed by atoms with Gasteiger partial charge in [-0.3, -0.25) is 4.79 Å². The number of hydrogen-bond donors (Lipinski definition) is 1. The molecular weight excluding hydrogens is 198 g/mol. The lowest BCUT2D eigenvalue weighted by atomic mass is 9.73. The molecule has 80 valence electrons. The van der Waals surface area contributed by atoms with E-state index in [1.807, 2.05) is 11.8 Å². The summed E-state index contributed by atoms with van der Waals surface area (Å²) in [6.07, 6.45) is 2.31. The van der Waals surface area contributed by atoms with Crippen molar-refractivity contribution in [3.63, 3.8) is 0 Å². The Morgan fingerprint density at radius 3 is 2.86 bits per heavy atom. The predicted molar refractivity (Wildman–Crippen MR) is 57.4 cm³/mol. The average molecular weight is 215 g/mol. The van der Waals surface area contributed by atoms with Crippen LogP contribution in [-0.2, 0) is 9.53 Å². The molecule has 0 aromatic carbocycles. The van der Waals surface area contributed by atoms with Gasteiger partial charge >= 0.3 is 5.97 Å². The summed E-state index contributed by atoms with van der Waals surface area (Å²) < 4.78 is 4.88. The third-order valence-electron chi connectivity index (χ3n) is 3.54. The standard InChI is InChI=1S/C10H17NO2S/c1-13-9(12)8-6-11-7-10(8)2-4-14-5-3-10/h8,11H,2-7H2,1H3. The minimum atomic E-state index is -0.0260. The van der Waals surface area contributed by atoms with Crippen molar-refractivity contribution in [3.8, 4) is 0 Å². The van der Waals surface area contributed by atoms with Crippen molar-refractivity contribution in [3.05, 3.63) is 0 Å². The highest BCUT2D eigenvalue weighted by Crippen LogP contribution is 2.43. The average Bonchev–Trinajstić information content (AvgIpc) is 2.62. The van der Waals surface area contributed by atoms with Crippen LogP contribution in [0.5, 0.6) is 0 Å². The van der Waals surface area contributed by atoms with E-state index in [2.05, 4.69) is 5.32 Å². The van der Waals surface area contributed by atoms with Crippen LogP contribution in [0, 0.1) is 11.3 Å². The lowest BCUT2D eigenvalue weighted by Gasteiger charge is -2.36. The second kappa shape index (κ2) is 4.11. The molecule has 3 nitrogen and oxygen atoms in total. The summed E-state index contributed by atoms with van der Waals surface area (Å²) >= 11 is 2.00. The molecule has 1 unspecified atom stereocenters. The van der Waals surface area contributed by atoms with Crippen LogP contribution in [0.25, 0.3) is 0 Å². The van der Waals surface area contributed by atoms with E-state index in [4.69, 9.17) is 4.74 Å². The maximum atomic E-state index is 11.6. The van der Waals surface area contributed by atoms with Crippen molar-refractivity contribution in [1.29, 1.82) is 0 Å². The van der Waals surface area contributed by atoms with Crippen LogP contribution in [0.1, 0.15) is 12.8 Å². The van der Waals surface area contributed by atoms with Gasteiger partial charge in [-0.25, -0.2) is 0 Å². The van der Waals surface area contributed by atoms with E-state index in [1.54, 1.807) is 0 Å². The zero-order valence-electron chi connectivity index (χ0n) is 8.54. The van der Waals surface area contributed by atoms with Gasteiger partial charge in [0.05, 0.1) is 13.0 Å². The van der Waals surface area contributed by atoms with Crippen molar-refractivity contribution in [2.24, 2.45) is 11.3 Å². The third kappa shape index (κ3) is 1.65. The van der Waals surface area contributed by atoms with E-state index in [9.17, 15) is 4.79 Å². The van der Waals surface area contributed by atoms with E-state index in [0.717, 1.165) is 25.9 Å². The predicted octanol–water partition coefficient (Wildman–Crippen LogP) is 0.892. The van der Waals surface area contributed by atoms with Crippen molar-refractivity contribution < 1.29 is 9.53 Å². The van der Waals surface area contributed by atoms with Gasteiger partial charge in [-0.15, -0.1) is 0 Å². The first kappa shape index (κ1) is 10.3. The monoisotopic (exact) mass is 215 g/mol. The largest absolute Gasteiger partial charge is 0.469 e. The Balaban J connectivity index is 2.11. The molecule has 1 atom stereocenters. The number of carbonyl (C=O) groups is 1. The minimum Gasteiger partial charge on any atom is -0.469 e. The molecular formula is C10H17NO2S. The lowest BCUT2D eigenvalue weighted by Crippen LogP contribution is -2.38. The molecule has 4 heteroatoms. The second-order valence-corrected chi connectivity index (χ2v) is 5.41. The summed E-state index contributed by atoms with van der Waals surface area (Å²) in [6, 6.07) is 0. The Morgan fingerprint density at radius 1 is 1.50 bits per heavy atom. The fourth-order valence-corrected chi connectivity index (χ4v) is 3.89. The number of rotatable bonds is 1. The molecule has 1 N–H and O–H groups in total. The van der Waals surface area contributed by atoms with Crippen LogP contribution in [0.15, 0.2) is 0 Å². The number of ether oxygens (including phenoxy) is 1. The van der Waals surface area contributed by atoms with Crippen LogP contribution >= 0.6 is 11.8 Å². The van der Waals surface area contributed by atoms with Gasteiger partial charge in [-0.1, -0.05) is 0 Å². The van der Waals surface area contributed by atoms with Gasteiger partial charge in [0.2, 0.25) is 0 Å². The van der Waals surface area contributed by atoms with Crippen molar-refractivity contribution >= 4 is 17.7 Å². The molecule has 0 aromatic heterocycles. The zero-order valence-corrected chi connectivity index (χ0v) is 9.36. The number of thioether (sulfide) groups is 1. The molecule has 0 aliphatic carbocycles. The minimum absolute atomic E-state index is 0.0260. The quantitative estimate of drug-likeness (QED) is 0.659. The highest BCUT2D eigenvalue weighted by Gasteiger charge is 2.47. The Hall–Kier alpha value is -0.220. The molecule has 0 aromatic rings. The molecule has 0 amide bonds. The summed E-state index contributed by atoms with van der Waals surface area (Å²) in [5.41, 5.74) is 0.207. The van der Waals surface area contributed by atoms with Gasteiger partial charge in [-0.2, -0.15) is 11.8 Å². The van der Waals surface area contributed by atoms with Gasteiger partial charge in [0.15, 0.2) is 0 Å². The molecule has 2 aliphatic heterocycles. The number of esters is 1. The Bertz CT molecular complexity index is 226. The van der Waals surface area contributed by atoms with Gasteiger partial charge in [-0.05, 0) is 29.8 Å². The van der Waals surface area contributed by atoms with Crippen LogP contribution in [-0.4, -0.2) is 37.7 Å². The Kier molecular flexibility index (Phi) is 3.02. The highest BCUT2D eigenvalue weighted by atomic mass is 32.2. The first-order valence-corrected chi connectivity index (χ1v) is 6.30. The van der Waals surface area contributed by atoms with Crippen molar-refractivity contribution in [2.75, 3.05) is 31.7 Å².